The Kier molecular flexibility index (Phi) is 3.80. The zero-order chi connectivity index (χ0) is 12.2. The van der Waals surface area contributed by atoms with Gasteiger partial charge < -0.3 is 0 Å². The fourth-order valence-electron chi connectivity index (χ4n) is 2.47. The van der Waals surface area contributed by atoms with E-state index in [1.165, 1.54) is 6.07 Å². The van der Waals surface area contributed by atoms with Crippen molar-refractivity contribution in [1.82, 2.24) is 0 Å². The van der Waals surface area contributed by atoms with Crippen molar-refractivity contribution in [2.45, 2.75) is 17.7 Å². The van der Waals surface area contributed by atoms with E-state index in [-0.39, 0.29) is 34.5 Å². The molecule has 0 saturated carbocycles. The van der Waals surface area contributed by atoms with Crippen LogP contribution in [0.1, 0.15) is 11.1 Å². The molecule has 0 atom stereocenters. The van der Waals surface area contributed by atoms with Crippen molar-refractivity contribution in [3.8, 4) is 0 Å². The second-order valence-electron chi connectivity index (χ2n) is 4.15. The predicted octanol–water partition coefficient (Wildman–Crippen LogP) is -0.157. The minimum absolute atomic E-state index is 0. The summed E-state index contributed by atoms with van der Waals surface area (Å²) in [5.41, 5.74) is 2.18. The van der Waals surface area contributed by atoms with Gasteiger partial charge in [-0.3, -0.25) is 4.55 Å². The Bertz CT molecular complexity index is 730. The molecule has 6 heteroatoms. The fourth-order valence-corrected chi connectivity index (χ4v) is 3.50. The Labute approximate surface area is 132 Å². The van der Waals surface area contributed by atoms with Crippen LogP contribution < -0.4 is 29.6 Å². The summed E-state index contributed by atoms with van der Waals surface area (Å²) in [4.78, 5) is -0.106. The number of benzene rings is 2. The van der Waals surface area contributed by atoms with Crippen LogP contribution in [0.2, 0.25) is 5.02 Å². The van der Waals surface area contributed by atoms with E-state index in [4.69, 9.17) is 11.6 Å². The molecule has 0 unspecified atom stereocenters. The third-order valence-corrected chi connectivity index (χ3v) is 4.40. The molecule has 0 fully saturated rings. The van der Waals surface area contributed by atoms with Crippen LogP contribution in [0.3, 0.4) is 0 Å². The maximum Gasteiger partial charge on any atom is 1.00 e. The Balaban J connectivity index is 0.00000120. The van der Waals surface area contributed by atoms with Crippen LogP contribution in [-0.4, -0.2) is 13.0 Å². The van der Waals surface area contributed by atoms with Crippen LogP contribution in [-0.2, 0) is 23.0 Å². The summed E-state index contributed by atoms with van der Waals surface area (Å²) < 4.78 is 31.9. The molecule has 1 N–H and O–H groups in total. The van der Waals surface area contributed by atoms with E-state index in [0.29, 0.717) is 10.4 Å². The topological polar surface area (TPSA) is 54.4 Å². The summed E-state index contributed by atoms with van der Waals surface area (Å²) in [6.45, 7) is 0. The molecule has 2 aromatic carbocycles. The van der Waals surface area contributed by atoms with Gasteiger partial charge in [-0.25, -0.2) is 0 Å². The average molecular weight is 292 g/mol. The van der Waals surface area contributed by atoms with Crippen LogP contribution in [0.25, 0.3) is 10.8 Å². The Morgan fingerprint density at radius 1 is 1.00 bits per heavy atom. The molecule has 2 aromatic rings. The van der Waals surface area contributed by atoms with Crippen molar-refractivity contribution in [3.63, 3.8) is 0 Å². The summed E-state index contributed by atoms with van der Waals surface area (Å²) in [5, 5.41) is 1.69. The fraction of sp³-hybridized carbons (Fsp3) is 0.167. The van der Waals surface area contributed by atoms with Gasteiger partial charge in [-0.1, -0.05) is 23.7 Å². The summed E-state index contributed by atoms with van der Waals surface area (Å²) in [6.07, 6.45) is 1.77. The first-order valence-corrected chi connectivity index (χ1v) is 7.01. The van der Waals surface area contributed by atoms with E-state index in [2.05, 4.69) is 0 Å². The van der Waals surface area contributed by atoms with Gasteiger partial charge in [-0.15, -0.1) is 0 Å². The van der Waals surface area contributed by atoms with Crippen LogP contribution in [0.5, 0.6) is 0 Å². The number of halogens is 1. The van der Waals surface area contributed by atoms with Gasteiger partial charge in [-0.2, -0.15) is 8.42 Å². The first-order valence-electron chi connectivity index (χ1n) is 5.19. The molecule has 88 valence electrons. The monoisotopic (exact) mass is 291 g/mol. The Morgan fingerprint density at radius 3 is 2.11 bits per heavy atom. The van der Waals surface area contributed by atoms with Crippen LogP contribution in [0.15, 0.2) is 29.2 Å². The van der Waals surface area contributed by atoms with Crippen LogP contribution in [0.4, 0.5) is 0 Å². The first-order chi connectivity index (χ1) is 7.98. The molecule has 0 aromatic heterocycles. The number of hydrogen-bond donors (Lipinski definition) is 1. The average Bonchev–Trinajstić information content (AvgIpc) is 2.66. The number of hydrogen-bond acceptors (Lipinski definition) is 2. The molecule has 0 spiro atoms. The maximum atomic E-state index is 11.3. The van der Waals surface area contributed by atoms with Crippen molar-refractivity contribution in [3.05, 3.63) is 40.4 Å². The van der Waals surface area contributed by atoms with Crippen molar-refractivity contribution >= 4 is 32.5 Å². The van der Waals surface area contributed by atoms with Gasteiger partial charge in [0.05, 0.1) is 0 Å². The predicted molar refractivity (Wildman–Crippen MR) is 66.2 cm³/mol. The summed E-state index contributed by atoms with van der Waals surface area (Å²) in [5.74, 6) is 0. The van der Waals surface area contributed by atoms with Crippen LogP contribution in [0, 0.1) is 0 Å². The van der Waals surface area contributed by atoms with Gasteiger partial charge in [-0.05, 0) is 41.5 Å². The minimum Gasteiger partial charge on any atom is -0.282 e. The zero-order valence-electron chi connectivity index (χ0n) is 9.77. The summed E-state index contributed by atoms with van der Waals surface area (Å²) >= 11 is 6.06. The second-order valence-corrected chi connectivity index (χ2v) is 5.95. The maximum absolute atomic E-state index is 11.3. The summed E-state index contributed by atoms with van der Waals surface area (Å²) in [6, 6.07) is 6.77. The van der Waals surface area contributed by atoms with E-state index in [1.807, 2.05) is 6.07 Å². The zero-order valence-corrected chi connectivity index (χ0v) is 13.3. The molecule has 0 aliphatic heterocycles. The molecular formula is C12H9ClNaO3S+. The van der Waals surface area contributed by atoms with Gasteiger partial charge in [0.2, 0.25) is 0 Å². The molecule has 0 amide bonds. The molecular weight excluding hydrogens is 283 g/mol. The third-order valence-electron chi connectivity index (χ3n) is 3.19. The van der Waals surface area contributed by atoms with E-state index in [1.54, 1.807) is 12.1 Å². The van der Waals surface area contributed by atoms with Crippen molar-refractivity contribution in [2.75, 3.05) is 0 Å². The van der Waals surface area contributed by atoms with E-state index >= 15 is 0 Å². The molecule has 1 aliphatic rings. The molecule has 0 saturated heterocycles. The molecule has 0 radical (unpaired) electrons. The standard InChI is InChI=1S/C12H9ClO3S.Na/c13-9-5-3-7-1-2-8-4-6-10(17(14,15)16)12(9)11(7)8;/h3-6H,1-2H2,(H,14,15,16);/q;+1. The van der Waals surface area contributed by atoms with Crippen molar-refractivity contribution in [1.29, 1.82) is 0 Å². The Hall–Kier alpha value is -0.1000. The van der Waals surface area contributed by atoms with Gasteiger partial charge in [0.1, 0.15) is 4.90 Å². The third kappa shape index (κ3) is 2.11. The number of aryl methyl sites for hydroxylation is 2. The largest absolute Gasteiger partial charge is 1.00 e. The quantitative estimate of drug-likeness (QED) is 0.587. The smallest absolute Gasteiger partial charge is 0.282 e. The molecule has 3 rings (SSSR count). The van der Waals surface area contributed by atoms with Gasteiger partial charge in [0.25, 0.3) is 10.1 Å². The Morgan fingerprint density at radius 2 is 1.56 bits per heavy atom. The first kappa shape index (κ1) is 14.3. The normalized spacial score (nSPS) is 13.7. The van der Waals surface area contributed by atoms with E-state index in [0.717, 1.165) is 29.4 Å². The molecule has 0 bridgehead atoms. The molecule has 0 heterocycles. The van der Waals surface area contributed by atoms with E-state index in [9.17, 15) is 13.0 Å². The SMILES string of the molecule is O=S(=O)(O)c1ccc2c3c(ccc(Cl)c13)CC2.[Na+]. The van der Waals surface area contributed by atoms with E-state index < -0.39 is 10.1 Å². The second kappa shape index (κ2) is 4.78. The van der Waals surface area contributed by atoms with Crippen molar-refractivity contribution < 1.29 is 42.5 Å². The van der Waals surface area contributed by atoms with Gasteiger partial charge >= 0.3 is 29.6 Å². The summed E-state index contributed by atoms with van der Waals surface area (Å²) in [7, 11) is -4.24. The molecule has 18 heavy (non-hydrogen) atoms. The van der Waals surface area contributed by atoms with Gasteiger partial charge in [0.15, 0.2) is 0 Å². The van der Waals surface area contributed by atoms with Gasteiger partial charge in [0, 0.05) is 10.4 Å². The number of rotatable bonds is 1. The molecule has 3 nitrogen and oxygen atoms in total. The molecule has 1 aliphatic carbocycles. The van der Waals surface area contributed by atoms with Crippen LogP contribution >= 0.6 is 11.6 Å². The minimum atomic E-state index is -4.24. The van der Waals surface area contributed by atoms with Crippen molar-refractivity contribution in [2.24, 2.45) is 0 Å².